The Balaban J connectivity index is 1.36. The summed E-state index contributed by atoms with van der Waals surface area (Å²) in [7, 11) is 0. The Morgan fingerprint density at radius 1 is 1.21 bits per heavy atom. The van der Waals surface area contributed by atoms with E-state index in [1.165, 1.54) is 38.5 Å². The molecule has 0 aromatic carbocycles. The summed E-state index contributed by atoms with van der Waals surface area (Å²) in [4.78, 5) is 21.4. The second kappa shape index (κ2) is 6.47. The number of aromatic nitrogens is 2. The van der Waals surface area contributed by atoms with E-state index in [2.05, 4.69) is 19.9 Å². The number of likely N-dealkylation sites (tertiary alicyclic amines) is 2. The molecule has 3 heterocycles. The average Bonchev–Trinajstić information content (AvgIpc) is 3.24. The summed E-state index contributed by atoms with van der Waals surface area (Å²) in [6.45, 7) is 5.73. The van der Waals surface area contributed by atoms with Crippen LogP contribution in [0.25, 0.3) is 0 Å². The second-order valence-electron chi connectivity index (χ2n) is 7.97. The van der Waals surface area contributed by atoms with Gasteiger partial charge < -0.3 is 9.42 Å². The van der Waals surface area contributed by atoms with Crippen LogP contribution in [0.4, 0.5) is 0 Å². The van der Waals surface area contributed by atoms with Crippen LogP contribution in [0.2, 0.25) is 0 Å². The van der Waals surface area contributed by atoms with Crippen molar-refractivity contribution in [1.29, 1.82) is 0 Å². The Hall–Kier alpha value is -1.43. The topological polar surface area (TPSA) is 62.5 Å². The van der Waals surface area contributed by atoms with Crippen LogP contribution in [-0.4, -0.2) is 51.5 Å². The Bertz CT molecular complexity index is 586. The van der Waals surface area contributed by atoms with Gasteiger partial charge in [-0.25, -0.2) is 0 Å². The van der Waals surface area contributed by atoms with Gasteiger partial charge in [0.15, 0.2) is 5.82 Å². The first-order chi connectivity index (χ1) is 11.6. The zero-order valence-corrected chi connectivity index (χ0v) is 14.7. The van der Waals surface area contributed by atoms with Crippen LogP contribution in [0.1, 0.15) is 63.1 Å². The highest BCUT2D eigenvalue weighted by atomic mass is 16.5. The molecule has 6 heteroatoms. The van der Waals surface area contributed by atoms with E-state index in [0.717, 1.165) is 44.9 Å². The molecule has 1 aromatic heterocycles. The quantitative estimate of drug-likeness (QED) is 0.851. The lowest BCUT2D eigenvalue weighted by atomic mass is 9.72. The summed E-state index contributed by atoms with van der Waals surface area (Å²) in [6, 6.07) is 0.522. The molecule has 132 valence electrons. The summed E-state index contributed by atoms with van der Waals surface area (Å²) < 4.78 is 5.25. The van der Waals surface area contributed by atoms with Crippen molar-refractivity contribution in [2.45, 2.75) is 70.9 Å². The predicted molar refractivity (Wildman–Crippen MR) is 89.2 cm³/mol. The molecule has 6 nitrogen and oxygen atoms in total. The summed E-state index contributed by atoms with van der Waals surface area (Å²) in [6.07, 6.45) is 9.18. The van der Waals surface area contributed by atoms with Crippen molar-refractivity contribution < 1.29 is 9.32 Å². The lowest BCUT2D eigenvalue weighted by Gasteiger charge is -2.48. The molecule has 0 unspecified atom stereocenters. The third kappa shape index (κ3) is 3.21. The van der Waals surface area contributed by atoms with Gasteiger partial charge in [0.1, 0.15) is 0 Å². The molecular formula is C18H28N4O2. The van der Waals surface area contributed by atoms with E-state index in [-0.39, 0.29) is 0 Å². The lowest BCUT2D eigenvalue weighted by Crippen LogP contribution is -2.53. The number of nitrogens with zero attached hydrogens (tertiary/aromatic N) is 4. The lowest BCUT2D eigenvalue weighted by molar-refractivity contribution is -0.142. The third-order valence-electron chi connectivity index (χ3n) is 6.31. The zero-order chi connectivity index (χ0) is 16.6. The van der Waals surface area contributed by atoms with Crippen LogP contribution in [0.5, 0.6) is 0 Å². The van der Waals surface area contributed by atoms with Crippen LogP contribution in [-0.2, 0) is 11.3 Å². The van der Waals surface area contributed by atoms with Crippen LogP contribution in [0.3, 0.4) is 0 Å². The van der Waals surface area contributed by atoms with Gasteiger partial charge in [-0.15, -0.1) is 0 Å². The van der Waals surface area contributed by atoms with Crippen LogP contribution in [0, 0.1) is 12.3 Å². The van der Waals surface area contributed by atoms with E-state index in [1.807, 2.05) is 6.92 Å². The van der Waals surface area contributed by atoms with Gasteiger partial charge in [0, 0.05) is 19.0 Å². The highest BCUT2D eigenvalue weighted by molar-refractivity contribution is 5.77. The van der Waals surface area contributed by atoms with E-state index >= 15 is 0 Å². The Morgan fingerprint density at radius 2 is 1.96 bits per heavy atom. The molecule has 0 atom stereocenters. The van der Waals surface area contributed by atoms with Gasteiger partial charge in [0.05, 0.1) is 6.54 Å². The molecule has 24 heavy (non-hydrogen) atoms. The smallest absolute Gasteiger partial charge is 0.240 e. The monoisotopic (exact) mass is 332 g/mol. The van der Waals surface area contributed by atoms with Crippen LogP contribution >= 0.6 is 0 Å². The predicted octanol–water partition coefficient (Wildman–Crippen LogP) is 2.53. The molecule has 0 bridgehead atoms. The summed E-state index contributed by atoms with van der Waals surface area (Å²) >= 11 is 0. The minimum Gasteiger partial charge on any atom is -0.339 e. The van der Waals surface area contributed by atoms with Crippen molar-refractivity contribution in [3.05, 3.63) is 11.7 Å². The van der Waals surface area contributed by atoms with E-state index in [9.17, 15) is 4.79 Å². The number of aryl methyl sites for hydroxylation is 1. The number of amides is 1. The molecule has 1 saturated carbocycles. The van der Waals surface area contributed by atoms with E-state index in [0.29, 0.717) is 23.2 Å². The van der Waals surface area contributed by atoms with Gasteiger partial charge >= 0.3 is 0 Å². The maximum atomic E-state index is 12.4. The molecule has 1 spiro atoms. The van der Waals surface area contributed by atoms with E-state index < -0.39 is 0 Å². The molecular weight excluding hydrogens is 304 g/mol. The number of carbonyl (C=O) groups excluding carboxylic acids is 1. The maximum absolute atomic E-state index is 12.4. The molecule has 2 saturated heterocycles. The molecule has 3 fully saturated rings. The molecule has 2 aliphatic heterocycles. The number of hydrogen-bond donors (Lipinski definition) is 0. The summed E-state index contributed by atoms with van der Waals surface area (Å²) in [5, 5.41) is 3.87. The van der Waals surface area contributed by atoms with Gasteiger partial charge in [-0.2, -0.15) is 4.98 Å². The summed E-state index contributed by atoms with van der Waals surface area (Å²) in [5.74, 6) is 1.82. The van der Waals surface area contributed by atoms with Crippen molar-refractivity contribution in [3.63, 3.8) is 0 Å². The molecule has 1 amide bonds. The molecule has 3 aliphatic rings. The Morgan fingerprint density at radius 3 is 2.62 bits per heavy atom. The minimum atomic E-state index is 0.345. The van der Waals surface area contributed by atoms with Crippen molar-refractivity contribution in [3.8, 4) is 0 Å². The Labute approximate surface area is 143 Å². The van der Waals surface area contributed by atoms with Crippen molar-refractivity contribution in [1.82, 2.24) is 19.9 Å². The number of piperidine rings is 2. The largest absolute Gasteiger partial charge is 0.339 e. The van der Waals surface area contributed by atoms with Gasteiger partial charge in [0.2, 0.25) is 11.8 Å². The zero-order valence-electron chi connectivity index (χ0n) is 14.7. The first-order valence-electron chi connectivity index (χ1n) is 9.45. The van der Waals surface area contributed by atoms with E-state index in [1.54, 1.807) is 0 Å². The second-order valence-corrected chi connectivity index (χ2v) is 7.97. The third-order valence-corrected chi connectivity index (χ3v) is 6.31. The number of rotatable bonds is 3. The molecule has 4 rings (SSSR count). The number of hydrogen-bond acceptors (Lipinski definition) is 5. The fraction of sp³-hybridized carbons (Fsp3) is 0.833. The van der Waals surface area contributed by atoms with Gasteiger partial charge in [-0.1, -0.05) is 18.0 Å². The SMILES string of the molecule is Cc1noc(CN2CCC3(CCC(=O)N(C4CCCC4)C3)CC2)n1. The highest BCUT2D eigenvalue weighted by Gasteiger charge is 2.43. The normalized spacial score (nSPS) is 25.7. The fourth-order valence-corrected chi connectivity index (χ4v) is 4.78. The molecule has 0 N–H and O–H groups in total. The first kappa shape index (κ1) is 16.1. The molecule has 1 aliphatic carbocycles. The van der Waals surface area contributed by atoms with Gasteiger partial charge in [-0.05, 0) is 57.5 Å². The maximum Gasteiger partial charge on any atom is 0.240 e. The van der Waals surface area contributed by atoms with Crippen molar-refractivity contribution >= 4 is 5.91 Å². The molecule has 0 radical (unpaired) electrons. The Kier molecular flexibility index (Phi) is 4.33. The molecule has 1 aromatic rings. The van der Waals surface area contributed by atoms with Crippen LogP contribution in [0.15, 0.2) is 4.52 Å². The fourth-order valence-electron chi connectivity index (χ4n) is 4.78. The van der Waals surface area contributed by atoms with Crippen molar-refractivity contribution in [2.24, 2.45) is 5.41 Å². The standard InChI is InChI=1S/C18H28N4O2/c1-14-19-16(24-20-14)12-21-10-8-18(9-11-21)7-6-17(23)22(13-18)15-4-2-3-5-15/h15H,2-13H2,1H3. The van der Waals surface area contributed by atoms with Crippen molar-refractivity contribution in [2.75, 3.05) is 19.6 Å². The minimum absolute atomic E-state index is 0.345. The average molecular weight is 332 g/mol. The van der Waals surface area contributed by atoms with Gasteiger partial charge in [-0.3, -0.25) is 9.69 Å². The number of carbonyl (C=O) groups is 1. The van der Waals surface area contributed by atoms with Gasteiger partial charge in [0.25, 0.3) is 0 Å². The first-order valence-corrected chi connectivity index (χ1v) is 9.45. The van der Waals surface area contributed by atoms with Crippen LogP contribution < -0.4 is 0 Å². The summed E-state index contributed by atoms with van der Waals surface area (Å²) in [5.41, 5.74) is 0.345. The highest BCUT2D eigenvalue weighted by Crippen LogP contribution is 2.42. The van der Waals surface area contributed by atoms with E-state index in [4.69, 9.17) is 4.52 Å².